The number of aromatic amines is 1. The predicted molar refractivity (Wildman–Crippen MR) is 132 cm³/mol. The molecule has 13 heteroatoms. The number of nitrogens with zero attached hydrogens (tertiary/aromatic N) is 2. The zero-order valence-electron chi connectivity index (χ0n) is 19.7. The second kappa shape index (κ2) is 9.75. The normalized spacial score (nSPS) is 15.9. The number of ether oxygens (including phenoxy) is 1. The molecule has 2 heterocycles. The maximum absolute atomic E-state index is 13.8. The van der Waals surface area contributed by atoms with Gasteiger partial charge in [-0.3, -0.25) is 14.7 Å². The number of rotatable bonds is 4. The Bertz CT molecular complexity index is 1450. The third-order valence-electron chi connectivity index (χ3n) is 5.18. The lowest BCUT2D eigenvalue weighted by molar-refractivity contribution is -0.138. The molecule has 1 aliphatic rings. The van der Waals surface area contributed by atoms with E-state index in [1.165, 1.54) is 18.3 Å². The summed E-state index contributed by atoms with van der Waals surface area (Å²) in [5, 5.41) is 6.92. The summed E-state index contributed by atoms with van der Waals surface area (Å²) >= 11 is 6.33. The van der Waals surface area contributed by atoms with Gasteiger partial charge in [-0.25, -0.2) is 10.2 Å². The van der Waals surface area contributed by atoms with E-state index >= 15 is 0 Å². The second-order valence-electron chi connectivity index (χ2n) is 9.08. The molecule has 0 aliphatic carbocycles. The maximum atomic E-state index is 13.8. The van der Waals surface area contributed by atoms with E-state index in [1.807, 2.05) is 0 Å². The van der Waals surface area contributed by atoms with Gasteiger partial charge >= 0.3 is 17.5 Å². The van der Waals surface area contributed by atoms with E-state index in [-0.39, 0.29) is 27.5 Å². The molecule has 1 aromatic heterocycles. The molecule has 194 valence electrons. The van der Waals surface area contributed by atoms with Gasteiger partial charge in [-0.2, -0.15) is 23.3 Å². The molecule has 0 bridgehead atoms. The van der Waals surface area contributed by atoms with E-state index in [1.54, 1.807) is 39.0 Å². The summed E-state index contributed by atoms with van der Waals surface area (Å²) in [5.41, 5.74) is 1.34. The minimum atomic E-state index is -4.71. The molecule has 2 aromatic carbocycles. The van der Waals surface area contributed by atoms with E-state index < -0.39 is 34.6 Å². The van der Waals surface area contributed by atoms with Crippen LogP contribution < -0.4 is 5.43 Å². The first kappa shape index (κ1) is 26.6. The summed E-state index contributed by atoms with van der Waals surface area (Å²) in [6, 6.07) is 8.27. The van der Waals surface area contributed by atoms with Gasteiger partial charge in [0.2, 0.25) is 0 Å². The minimum Gasteiger partial charge on any atom is -0.443 e. The topological polar surface area (TPSA) is 104 Å². The van der Waals surface area contributed by atoms with Gasteiger partial charge in [-0.05, 0) is 79.9 Å². The Morgan fingerprint density at radius 2 is 1.89 bits per heavy atom. The predicted octanol–water partition coefficient (Wildman–Crippen LogP) is 6.32. The smallest absolute Gasteiger partial charge is 0.427 e. The molecular weight excluding hydrogens is 533 g/mol. The van der Waals surface area contributed by atoms with Gasteiger partial charge in [0.15, 0.2) is 0 Å². The fraction of sp³-hybridized carbons (Fsp3) is 0.250. The summed E-state index contributed by atoms with van der Waals surface area (Å²) in [5.74, 6) is -0.898. The number of amides is 3. The molecule has 0 radical (unpaired) electrons. The van der Waals surface area contributed by atoms with Crippen LogP contribution >= 0.6 is 23.4 Å². The molecule has 2 N–H and O–H groups in total. The molecule has 0 unspecified atom stereocenters. The summed E-state index contributed by atoms with van der Waals surface area (Å²) in [4.78, 5) is 38.0. The quantitative estimate of drug-likeness (QED) is 0.367. The number of nitrogens with one attached hydrogen (secondary N) is 2. The number of carbonyl (C=O) groups is 3. The molecule has 0 atom stereocenters. The first-order chi connectivity index (χ1) is 17.2. The van der Waals surface area contributed by atoms with Crippen molar-refractivity contribution in [2.75, 3.05) is 0 Å². The SMILES string of the molecule is CC(C)(C)OC(=O)NN1C(=O)S/C(=C(/Cc2ccc(Cl)cc2C(F)(F)F)c2ccc3[nH]ncc3c2)C1=O. The van der Waals surface area contributed by atoms with Crippen LogP contribution in [0.1, 0.15) is 37.5 Å². The number of hydrazine groups is 1. The second-order valence-corrected chi connectivity index (χ2v) is 10.5. The first-order valence-corrected chi connectivity index (χ1v) is 12.0. The Balaban J connectivity index is 1.80. The molecule has 1 fully saturated rings. The van der Waals surface area contributed by atoms with Crippen molar-refractivity contribution >= 4 is 57.1 Å². The summed E-state index contributed by atoms with van der Waals surface area (Å²) < 4.78 is 46.6. The van der Waals surface area contributed by atoms with Crippen LogP contribution in [-0.4, -0.2) is 38.0 Å². The lowest BCUT2D eigenvalue weighted by Crippen LogP contribution is -2.47. The van der Waals surface area contributed by atoms with Crippen LogP contribution in [0, 0.1) is 0 Å². The van der Waals surface area contributed by atoms with Crippen molar-refractivity contribution in [1.29, 1.82) is 0 Å². The standard InChI is InChI=1S/C24H20ClF3N4O4S/c1-23(2,3)36-21(34)31-32-20(33)19(37-22(32)35)16(12-5-7-18-14(8-12)11-29-30-18)9-13-4-6-15(25)10-17(13)24(26,27)28/h4-8,10-11H,9H2,1-3H3,(H,29,30)(H,31,34)/b19-16-. The number of alkyl halides is 3. The van der Waals surface area contributed by atoms with Gasteiger partial charge < -0.3 is 4.74 Å². The van der Waals surface area contributed by atoms with Crippen molar-refractivity contribution in [3.63, 3.8) is 0 Å². The number of halogens is 4. The highest BCUT2D eigenvalue weighted by atomic mass is 35.5. The van der Waals surface area contributed by atoms with Crippen LogP contribution in [0.2, 0.25) is 5.02 Å². The zero-order valence-corrected chi connectivity index (χ0v) is 21.3. The van der Waals surface area contributed by atoms with Crippen LogP contribution in [0.25, 0.3) is 16.5 Å². The van der Waals surface area contributed by atoms with E-state index in [2.05, 4.69) is 15.6 Å². The van der Waals surface area contributed by atoms with Crippen molar-refractivity contribution < 1.29 is 32.3 Å². The fourth-order valence-electron chi connectivity index (χ4n) is 3.64. The van der Waals surface area contributed by atoms with E-state index in [0.717, 1.165) is 6.07 Å². The summed E-state index contributed by atoms with van der Waals surface area (Å²) in [6.45, 7) is 4.82. The highest BCUT2D eigenvalue weighted by molar-refractivity contribution is 8.18. The largest absolute Gasteiger partial charge is 0.443 e. The zero-order chi connectivity index (χ0) is 27.1. The Kier molecular flexibility index (Phi) is 6.99. The van der Waals surface area contributed by atoms with Gasteiger partial charge in [0, 0.05) is 10.4 Å². The molecule has 8 nitrogen and oxygen atoms in total. The molecule has 3 aromatic rings. The number of benzene rings is 2. The summed E-state index contributed by atoms with van der Waals surface area (Å²) in [6.07, 6.45) is -4.57. The maximum Gasteiger partial charge on any atom is 0.427 e. The van der Waals surface area contributed by atoms with Crippen LogP contribution in [0.5, 0.6) is 0 Å². The highest BCUT2D eigenvalue weighted by Gasteiger charge is 2.40. The number of carbonyl (C=O) groups excluding carboxylic acids is 3. The average molecular weight is 553 g/mol. The number of aromatic nitrogens is 2. The Hall–Kier alpha value is -3.51. The Morgan fingerprint density at radius 3 is 2.57 bits per heavy atom. The number of fused-ring (bicyclic) bond motifs is 1. The third-order valence-corrected chi connectivity index (χ3v) is 6.40. The van der Waals surface area contributed by atoms with Crippen LogP contribution in [-0.2, 0) is 22.1 Å². The van der Waals surface area contributed by atoms with E-state index in [4.69, 9.17) is 16.3 Å². The van der Waals surface area contributed by atoms with Crippen molar-refractivity contribution in [2.45, 2.75) is 39.0 Å². The number of hydrogen-bond acceptors (Lipinski definition) is 6. The van der Waals surface area contributed by atoms with Gasteiger partial charge in [0.05, 0.1) is 22.2 Å². The van der Waals surface area contributed by atoms with Crippen molar-refractivity contribution in [2.24, 2.45) is 0 Å². The van der Waals surface area contributed by atoms with Crippen LogP contribution in [0.3, 0.4) is 0 Å². The fourth-order valence-corrected chi connectivity index (χ4v) is 4.70. The molecule has 0 spiro atoms. The van der Waals surface area contributed by atoms with E-state index in [0.29, 0.717) is 33.2 Å². The molecule has 1 aliphatic heterocycles. The number of H-pyrrole nitrogens is 1. The van der Waals surface area contributed by atoms with E-state index in [9.17, 15) is 27.6 Å². The molecule has 37 heavy (non-hydrogen) atoms. The highest BCUT2D eigenvalue weighted by Crippen LogP contribution is 2.41. The minimum absolute atomic E-state index is 0.0978. The van der Waals surface area contributed by atoms with Crippen LogP contribution in [0.4, 0.5) is 22.8 Å². The monoisotopic (exact) mass is 552 g/mol. The Labute approximate surface area is 218 Å². The van der Waals surface area contributed by atoms with Gasteiger partial charge in [0.1, 0.15) is 5.60 Å². The first-order valence-electron chi connectivity index (χ1n) is 10.8. The number of imide groups is 1. The lowest BCUT2D eigenvalue weighted by Gasteiger charge is -2.22. The number of hydrogen-bond donors (Lipinski definition) is 2. The van der Waals surface area contributed by atoms with Gasteiger partial charge in [-0.1, -0.05) is 23.7 Å². The lowest BCUT2D eigenvalue weighted by atomic mass is 9.93. The van der Waals surface area contributed by atoms with Crippen LogP contribution in [0.15, 0.2) is 47.5 Å². The van der Waals surface area contributed by atoms with Crippen molar-refractivity contribution in [3.8, 4) is 0 Å². The molecule has 3 amide bonds. The molecule has 1 saturated heterocycles. The Morgan fingerprint density at radius 1 is 1.16 bits per heavy atom. The van der Waals surface area contributed by atoms with Gasteiger partial charge in [-0.15, -0.1) is 0 Å². The number of allylic oxidation sites excluding steroid dienone is 1. The van der Waals surface area contributed by atoms with Crippen molar-refractivity contribution in [3.05, 3.63) is 69.2 Å². The number of thioether (sulfide) groups is 1. The molecule has 4 rings (SSSR count). The summed E-state index contributed by atoms with van der Waals surface area (Å²) in [7, 11) is 0. The molecular formula is C24H20ClF3N4O4S. The molecule has 0 saturated carbocycles. The van der Waals surface area contributed by atoms with Crippen molar-refractivity contribution in [1.82, 2.24) is 20.6 Å². The average Bonchev–Trinajstić information content (AvgIpc) is 3.36. The third kappa shape index (κ3) is 5.91. The van der Waals surface area contributed by atoms with Gasteiger partial charge in [0.25, 0.3) is 5.91 Å².